The van der Waals surface area contributed by atoms with Crippen LogP contribution >= 0.6 is 22.9 Å². The van der Waals surface area contributed by atoms with Crippen LogP contribution in [0.5, 0.6) is 0 Å². The van der Waals surface area contributed by atoms with Gasteiger partial charge in [0.2, 0.25) is 0 Å². The lowest BCUT2D eigenvalue weighted by molar-refractivity contribution is -0.136. The highest BCUT2D eigenvalue weighted by molar-refractivity contribution is 7.07. The molecule has 0 spiro atoms. The molecule has 2 N–H and O–H groups in total. The minimum absolute atomic E-state index is 0.428. The number of halogens is 1. The zero-order chi connectivity index (χ0) is 15.2. The van der Waals surface area contributed by atoms with E-state index in [9.17, 15) is 9.59 Å². The van der Waals surface area contributed by atoms with Crippen molar-refractivity contribution in [3.63, 3.8) is 0 Å². The van der Waals surface area contributed by atoms with Crippen LogP contribution in [0.25, 0.3) is 0 Å². The van der Waals surface area contributed by atoms with Crippen LogP contribution in [0, 0.1) is 6.92 Å². The van der Waals surface area contributed by atoms with Crippen molar-refractivity contribution in [3.8, 4) is 0 Å². The van der Waals surface area contributed by atoms with Gasteiger partial charge in [0.25, 0.3) is 0 Å². The number of carbonyl (C=O) groups excluding carboxylic acids is 2. The SMILES string of the molecule is Cc1c(Cl)cccc1NC(=O)C(=O)NCCc1ccsc1. The minimum atomic E-state index is -0.689. The van der Waals surface area contributed by atoms with E-state index in [0.29, 0.717) is 23.7 Å². The molecular formula is C15H15ClN2O2S. The van der Waals surface area contributed by atoms with Gasteiger partial charge in [-0.3, -0.25) is 9.59 Å². The van der Waals surface area contributed by atoms with Crippen molar-refractivity contribution in [1.82, 2.24) is 5.32 Å². The third kappa shape index (κ3) is 4.31. The van der Waals surface area contributed by atoms with Crippen molar-refractivity contribution in [2.45, 2.75) is 13.3 Å². The largest absolute Gasteiger partial charge is 0.347 e. The molecule has 6 heteroatoms. The third-order valence-electron chi connectivity index (χ3n) is 3.00. The Balaban J connectivity index is 1.85. The number of hydrogen-bond acceptors (Lipinski definition) is 3. The van der Waals surface area contributed by atoms with Gasteiger partial charge < -0.3 is 10.6 Å². The number of hydrogen-bond donors (Lipinski definition) is 2. The molecule has 1 heterocycles. The molecule has 1 aromatic carbocycles. The van der Waals surface area contributed by atoms with Crippen LogP contribution in [-0.4, -0.2) is 18.4 Å². The van der Waals surface area contributed by atoms with Gasteiger partial charge in [0.1, 0.15) is 0 Å². The molecule has 0 radical (unpaired) electrons. The highest BCUT2D eigenvalue weighted by Gasteiger charge is 2.14. The van der Waals surface area contributed by atoms with E-state index in [2.05, 4.69) is 10.6 Å². The van der Waals surface area contributed by atoms with Crippen molar-refractivity contribution in [1.29, 1.82) is 0 Å². The van der Waals surface area contributed by atoms with E-state index in [1.807, 2.05) is 16.8 Å². The van der Waals surface area contributed by atoms with Gasteiger partial charge in [0.15, 0.2) is 0 Å². The standard InChI is InChI=1S/C15H15ClN2O2S/c1-10-12(16)3-2-4-13(10)18-15(20)14(19)17-7-5-11-6-8-21-9-11/h2-4,6,8-9H,5,7H2,1H3,(H,17,19)(H,18,20). The molecule has 0 atom stereocenters. The van der Waals surface area contributed by atoms with E-state index >= 15 is 0 Å². The molecule has 110 valence electrons. The molecule has 21 heavy (non-hydrogen) atoms. The van der Waals surface area contributed by atoms with Crippen LogP contribution in [0.15, 0.2) is 35.0 Å². The van der Waals surface area contributed by atoms with Gasteiger partial charge in [0, 0.05) is 17.3 Å². The van der Waals surface area contributed by atoms with Gasteiger partial charge in [-0.05, 0) is 53.4 Å². The molecule has 0 aliphatic carbocycles. The number of anilines is 1. The Morgan fingerprint density at radius 2 is 2.05 bits per heavy atom. The van der Waals surface area contributed by atoms with Crippen LogP contribution in [0.4, 0.5) is 5.69 Å². The summed E-state index contributed by atoms with van der Waals surface area (Å²) in [7, 11) is 0. The van der Waals surface area contributed by atoms with Crippen molar-refractivity contribution in [2.75, 3.05) is 11.9 Å². The highest BCUT2D eigenvalue weighted by Crippen LogP contribution is 2.22. The molecule has 0 aliphatic rings. The molecule has 2 rings (SSSR count). The summed E-state index contributed by atoms with van der Waals surface area (Å²) in [6.07, 6.45) is 0.707. The molecule has 0 fully saturated rings. The second-order valence-electron chi connectivity index (χ2n) is 4.50. The maximum Gasteiger partial charge on any atom is 0.313 e. The van der Waals surface area contributed by atoms with E-state index in [0.717, 1.165) is 11.1 Å². The minimum Gasteiger partial charge on any atom is -0.347 e. The second kappa shape index (κ2) is 7.24. The van der Waals surface area contributed by atoms with Crippen molar-refractivity contribution in [3.05, 3.63) is 51.2 Å². The van der Waals surface area contributed by atoms with E-state index in [1.54, 1.807) is 36.5 Å². The first-order valence-corrected chi connectivity index (χ1v) is 7.75. The molecule has 0 unspecified atom stereocenters. The monoisotopic (exact) mass is 322 g/mol. The lowest BCUT2D eigenvalue weighted by Gasteiger charge is -2.09. The Morgan fingerprint density at radius 1 is 1.24 bits per heavy atom. The maximum atomic E-state index is 11.8. The third-order valence-corrected chi connectivity index (χ3v) is 4.14. The number of nitrogens with one attached hydrogen (secondary N) is 2. The summed E-state index contributed by atoms with van der Waals surface area (Å²) in [6.45, 7) is 2.21. The quantitative estimate of drug-likeness (QED) is 0.850. The summed E-state index contributed by atoms with van der Waals surface area (Å²) >= 11 is 7.57. The number of rotatable bonds is 4. The molecular weight excluding hydrogens is 308 g/mol. The van der Waals surface area contributed by atoms with Crippen LogP contribution in [0.2, 0.25) is 5.02 Å². The lowest BCUT2D eigenvalue weighted by Crippen LogP contribution is -2.36. The first kappa shape index (κ1) is 15.5. The molecule has 0 bridgehead atoms. The summed E-state index contributed by atoms with van der Waals surface area (Å²) in [5.74, 6) is -1.34. The Bertz CT molecular complexity index is 641. The molecule has 0 aliphatic heterocycles. The Labute approximate surface area is 132 Å². The zero-order valence-corrected chi connectivity index (χ0v) is 13.1. The Kier molecular flexibility index (Phi) is 5.36. The summed E-state index contributed by atoms with van der Waals surface area (Å²) in [4.78, 5) is 23.5. The van der Waals surface area contributed by atoms with Crippen LogP contribution in [-0.2, 0) is 16.0 Å². The average Bonchev–Trinajstić information content (AvgIpc) is 2.97. The summed E-state index contributed by atoms with van der Waals surface area (Å²) in [6, 6.07) is 7.15. The normalized spacial score (nSPS) is 10.2. The number of thiophene rings is 1. The van der Waals surface area contributed by atoms with Gasteiger partial charge in [-0.2, -0.15) is 11.3 Å². The second-order valence-corrected chi connectivity index (χ2v) is 5.69. The molecule has 1 aromatic heterocycles. The summed E-state index contributed by atoms with van der Waals surface area (Å²) in [5.41, 5.74) is 2.42. The van der Waals surface area contributed by atoms with Gasteiger partial charge in [-0.15, -0.1) is 0 Å². The topological polar surface area (TPSA) is 58.2 Å². The van der Waals surface area contributed by atoms with Crippen LogP contribution in [0.1, 0.15) is 11.1 Å². The van der Waals surface area contributed by atoms with Gasteiger partial charge in [0.05, 0.1) is 0 Å². The summed E-state index contributed by atoms with van der Waals surface area (Å²) < 4.78 is 0. The van der Waals surface area contributed by atoms with Crippen molar-refractivity contribution in [2.24, 2.45) is 0 Å². The zero-order valence-electron chi connectivity index (χ0n) is 11.5. The smallest absolute Gasteiger partial charge is 0.313 e. The fourth-order valence-corrected chi connectivity index (χ4v) is 2.64. The van der Waals surface area contributed by atoms with E-state index < -0.39 is 11.8 Å². The molecule has 2 amide bonds. The molecule has 4 nitrogen and oxygen atoms in total. The fourth-order valence-electron chi connectivity index (χ4n) is 1.76. The van der Waals surface area contributed by atoms with Gasteiger partial charge in [-0.1, -0.05) is 17.7 Å². The van der Waals surface area contributed by atoms with Gasteiger partial charge >= 0.3 is 11.8 Å². The van der Waals surface area contributed by atoms with Crippen molar-refractivity contribution < 1.29 is 9.59 Å². The number of benzene rings is 1. The predicted molar refractivity (Wildman–Crippen MR) is 85.9 cm³/mol. The molecule has 2 aromatic rings. The first-order chi connectivity index (χ1) is 10.1. The first-order valence-electron chi connectivity index (χ1n) is 6.43. The lowest BCUT2D eigenvalue weighted by atomic mass is 10.2. The molecule has 0 saturated heterocycles. The average molecular weight is 323 g/mol. The van der Waals surface area contributed by atoms with Crippen LogP contribution < -0.4 is 10.6 Å². The van der Waals surface area contributed by atoms with E-state index in [1.165, 1.54) is 0 Å². The van der Waals surface area contributed by atoms with E-state index in [4.69, 9.17) is 11.6 Å². The Morgan fingerprint density at radius 3 is 2.76 bits per heavy atom. The summed E-state index contributed by atoms with van der Waals surface area (Å²) in [5, 5.41) is 9.70. The highest BCUT2D eigenvalue weighted by atomic mass is 35.5. The molecule has 0 saturated carbocycles. The van der Waals surface area contributed by atoms with Gasteiger partial charge in [-0.25, -0.2) is 0 Å². The predicted octanol–water partition coefficient (Wildman–Crippen LogP) is 3.01. The fraction of sp³-hybridized carbons (Fsp3) is 0.200. The van der Waals surface area contributed by atoms with E-state index in [-0.39, 0.29) is 0 Å². The number of amides is 2. The Hall–Kier alpha value is -1.85. The maximum absolute atomic E-state index is 11.8. The van der Waals surface area contributed by atoms with Crippen molar-refractivity contribution >= 4 is 40.4 Å². The van der Waals surface area contributed by atoms with Crippen LogP contribution in [0.3, 0.4) is 0 Å². The number of carbonyl (C=O) groups is 2.